The number of carbonyl (C=O) groups excluding carboxylic acids is 1. The highest BCUT2D eigenvalue weighted by Gasteiger charge is 2.20. The van der Waals surface area contributed by atoms with Crippen LogP contribution < -0.4 is 4.74 Å². The Hall–Kier alpha value is -2.03. The Balaban J connectivity index is 2.95. The largest absolute Gasteiger partial charge is 0.497 e. The third kappa shape index (κ3) is 3.98. The van der Waals surface area contributed by atoms with E-state index in [1.54, 1.807) is 20.1 Å². The standard InChI is InChI=1S/C16H20O3/c1-5-7-15(12(3)16(17)19-6-2)13-8-10-14(18-4)11-9-13/h5,8-11,15H,1,3,6-7H2,2,4H3/t15-/m1/s1. The van der Waals surface area contributed by atoms with Crippen molar-refractivity contribution in [1.29, 1.82) is 0 Å². The second kappa shape index (κ2) is 7.41. The molecule has 0 aliphatic heterocycles. The Bertz CT molecular complexity index is 446. The fourth-order valence-electron chi connectivity index (χ4n) is 1.85. The summed E-state index contributed by atoms with van der Waals surface area (Å²) >= 11 is 0. The second-order valence-electron chi connectivity index (χ2n) is 4.10. The van der Waals surface area contributed by atoms with Gasteiger partial charge in [0, 0.05) is 11.5 Å². The number of ether oxygens (including phenoxy) is 2. The van der Waals surface area contributed by atoms with Crippen LogP contribution in [-0.4, -0.2) is 19.7 Å². The highest BCUT2D eigenvalue weighted by Crippen LogP contribution is 2.29. The lowest BCUT2D eigenvalue weighted by molar-refractivity contribution is -0.138. The Morgan fingerprint density at radius 2 is 2.00 bits per heavy atom. The van der Waals surface area contributed by atoms with Crippen molar-refractivity contribution in [2.24, 2.45) is 0 Å². The van der Waals surface area contributed by atoms with E-state index in [-0.39, 0.29) is 11.9 Å². The van der Waals surface area contributed by atoms with Crippen molar-refractivity contribution in [3.63, 3.8) is 0 Å². The van der Waals surface area contributed by atoms with Crippen molar-refractivity contribution >= 4 is 5.97 Å². The average Bonchev–Trinajstić information content (AvgIpc) is 2.44. The molecule has 0 unspecified atom stereocenters. The minimum Gasteiger partial charge on any atom is -0.497 e. The number of allylic oxidation sites excluding steroid dienone is 1. The lowest BCUT2D eigenvalue weighted by Crippen LogP contribution is -2.13. The van der Waals surface area contributed by atoms with Crippen LogP contribution in [0.3, 0.4) is 0 Å². The Kier molecular flexibility index (Phi) is 5.86. The van der Waals surface area contributed by atoms with E-state index >= 15 is 0 Å². The minimum atomic E-state index is -0.356. The van der Waals surface area contributed by atoms with Gasteiger partial charge in [0.25, 0.3) is 0 Å². The van der Waals surface area contributed by atoms with Crippen molar-refractivity contribution < 1.29 is 14.3 Å². The number of hydrogen-bond acceptors (Lipinski definition) is 3. The summed E-state index contributed by atoms with van der Waals surface area (Å²) in [7, 11) is 1.62. The molecule has 1 aromatic rings. The molecule has 0 aliphatic carbocycles. The minimum absolute atomic E-state index is 0.109. The lowest BCUT2D eigenvalue weighted by atomic mass is 9.89. The van der Waals surface area contributed by atoms with Crippen LogP contribution in [0.5, 0.6) is 5.75 Å². The zero-order valence-electron chi connectivity index (χ0n) is 11.5. The molecule has 1 aromatic carbocycles. The third-order valence-corrected chi connectivity index (χ3v) is 2.88. The van der Waals surface area contributed by atoms with Gasteiger partial charge in [-0.2, -0.15) is 0 Å². The number of esters is 1. The van der Waals surface area contributed by atoms with E-state index in [1.165, 1.54) is 0 Å². The van der Waals surface area contributed by atoms with Crippen molar-refractivity contribution in [3.05, 3.63) is 54.6 Å². The van der Waals surface area contributed by atoms with E-state index in [9.17, 15) is 4.79 Å². The molecule has 19 heavy (non-hydrogen) atoms. The van der Waals surface area contributed by atoms with E-state index in [0.29, 0.717) is 18.6 Å². The van der Waals surface area contributed by atoms with Gasteiger partial charge >= 0.3 is 5.97 Å². The van der Waals surface area contributed by atoms with Crippen LogP contribution >= 0.6 is 0 Å². The maximum absolute atomic E-state index is 11.8. The molecule has 1 atom stereocenters. The Labute approximate surface area is 114 Å². The Morgan fingerprint density at radius 3 is 2.47 bits per heavy atom. The van der Waals surface area contributed by atoms with Gasteiger partial charge in [0.2, 0.25) is 0 Å². The second-order valence-corrected chi connectivity index (χ2v) is 4.10. The molecule has 3 nitrogen and oxygen atoms in total. The van der Waals surface area contributed by atoms with E-state index in [2.05, 4.69) is 13.2 Å². The van der Waals surface area contributed by atoms with Gasteiger partial charge in [-0.15, -0.1) is 6.58 Å². The number of carbonyl (C=O) groups is 1. The topological polar surface area (TPSA) is 35.5 Å². The van der Waals surface area contributed by atoms with Crippen molar-refractivity contribution in [3.8, 4) is 5.75 Å². The van der Waals surface area contributed by atoms with Gasteiger partial charge in [-0.05, 0) is 31.0 Å². The SMILES string of the molecule is C=CC[C@H](C(=C)C(=O)OCC)c1ccc(OC)cc1. The first-order valence-corrected chi connectivity index (χ1v) is 6.24. The van der Waals surface area contributed by atoms with Crippen LogP contribution in [0, 0.1) is 0 Å². The predicted molar refractivity (Wildman–Crippen MR) is 76.3 cm³/mol. The summed E-state index contributed by atoms with van der Waals surface area (Å²) in [6, 6.07) is 7.59. The first-order chi connectivity index (χ1) is 9.13. The number of methoxy groups -OCH3 is 1. The fourth-order valence-corrected chi connectivity index (χ4v) is 1.85. The number of rotatable bonds is 7. The normalized spacial score (nSPS) is 11.5. The maximum atomic E-state index is 11.8. The zero-order chi connectivity index (χ0) is 14.3. The molecule has 0 saturated heterocycles. The molecule has 0 saturated carbocycles. The van der Waals surface area contributed by atoms with Crippen molar-refractivity contribution in [1.82, 2.24) is 0 Å². The Morgan fingerprint density at radius 1 is 1.37 bits per heavy atom. The van der Waals surface area contributed by atoms with Gasteiger partial charge in [0.15, 0.2) is 0 Å². The number of hydrogen-bond donors (Lipinski definition) is 0. The third-order valence-electron chi connectivity index (χ3n) is 2.88. The van der Waals surface area contributed by atoms with E-state index in [4.69, 9.17) is 9.47 Å². The average molecular weight is 260 g/mol. The van der Waals surface area contributed by atoms with E-state index in [0.717, 1.165) is 11.3 Å². The summed E-state index contributed by atoms with van der Waals surface area (Å²) < 4.78 is 10.1. The molecule has 0 aliphatic rings. The summed E-state index contributed by atoms with van der Waals surface area (Å²) in [6.07, 6.45) is 2.42. The summed E-state index contributed by atoms with van der Waals surface area (Å²) in [5.41, 5.74) is 1.45. The molecular formula is C16H20O3. The van der Waals surface area contributed by atoms with Gasteiger partial charge in [0.05, 0.1) is 13.7 Å². The van der Waals surface area contributed by atoms with Gasteiger partial charge in [0.1, 0.15) is 5.75 Å². The van der Waals surface area contributed by atoms with Crippen LogP contribution in [0.2, 0.25) is 0 Å². The van der Waals surface area contributed by atoms with Crippen LogP contribution in [0.15, 0.2) is 49.1 Å². The van der Waals surface area contributed by atoms with Gasteiger partial charge in [-0.1, -0.05) is 24.8 Å². The molecule has 1 rings (SSSR count). The smallest absolute Gasteiger partial charge is 0.334 e. The molecular weight excluding hydrogens is 240 g/mol. The maximum Gasteiger partial charge on any atom is 0.334 e. The summed E-state index contributed by atoms with van der Waals surface area (Å²) in [5, 5.41) is 0. The van der Waals surface area contributed by atoms with Crippen LogP contribution in [0.25, 0.3) is 0 Å². The monoisotopic (exact) mass is 260 g/mol. The van der Waals surface area contributed by atoms with Crippen LogP contribution in [0.1, 0.15) is 24.8 Å². The molecule has 0 N–H and O–H groups in total. The number of benzene rings is 1. The quantitative estimate of drug-likeness (QED) is 0.428. The molecule has 0 heterocycles. The predicted octanol–water partition coefficient (Wildman–Crippen LogP) is 3.47. The van der Waals surface area contributed by atoms with E-state index in [1.807, 2.05) is 24.3 Å². The molecule has 0 radical (unpaired) electrons. The van der Waals surface area contributed by atoms with Gasteiger partial charge in [-0.3, -0.25) is 0 Å². The highest BCUT2D eigenvalue weighted by molar-refractivity contribution is 5.89. The van der Waals surface area contributed by atoms with Gasteiger partial charge in [-0.25, -0.2) is 4.79 Å². The van der Waals surface area contributed by atoms with Crippen LogP contribution in [0.4, 0.5) is 0 Å². The van der Waals surface area contributed by atoms with Crippen LogP contribution in [-0.2, 0) is 9.53 Å². The first-order valence-electron chi connectivity index (χ1n) is 6.24. The molecule has 0 bridgehead atoms. The molecule has 102 valence electrons. The zero-order valence-corrected chi connectivity index (χ0v) is 11.5. The molecule has 3 heteroatoms. The molecule has 0 amide bonds. The summed E-state index contributed by atoms with van der Waals surface area (Å²) in [4.78, 5) is 11.8. The molecule has 0 fully saturated rings. The molecule has 0 spiro atoms. The van der Waals surface area contributed by atoms with E-state index < -0.39 is 0 Å². The van der Waals surface area contributed by atoms with Crippen molar-refractivity contribution in [2.75, 3.05) is 13.7 Å². The van der Waals surface area contributed by atoms with Crippen molar-refractivity contribution in [2.45, 2.75) is 19.3 Å². The highest BCUT2D eigenvalue weighted by atomic mass is 16.5. The summed E-state index contributed by atoms with van der Waals surface area (Å²) in [6.45, 7) is 9.71. The fraction of sp³-hybridized carbons (Fsp3) is 0.312. The first kappa shape index (κ1) is 15.0. The molecule has 0 aromatic heterocycles. The lowest BCUT2D eigenvalue weighted by Gasteiger charge is -2.17. The summed E-state index contributed by atoms with van der Waals surface area (Å²) in [5.74, 6) is 0.315. The van der Waals surface area contributed by atoms with Gasteiger partial charge < -0.3 is 9.47 Å².